The molecule has 1 saturated heterocycles. The van der Waals surface area contributed by atoms with E-state index in [1.165, 1.54) is 28.0 Å². The van der Waals surface area contributed by atoms with Crippen LogP contribution in [0.1, 0.15) is 43.8 Å². The minimum absolute atomic E-state index is 0.150. The molecule has 290 valence electrons. The zero-order chi connectivity index (χ0) is 38.9. The molecule has 6 nitrogen and oxygen atoms in total. The van der Waals surface area contributed by atoms with E-state index >= 15 is 0 Å². The summed E-state index contributed by atoms with van der Waals surface area (Å²) in [6.07, 6.45) is -2.38. The molecule has 8 rings (SSSR count). The molecule has 1 aliphatic rings. The molecule has 0 aliphatic carbocycles. The highest BCUT2D eigenvalue weighted by atomic mass is 32.1. The van der Waals surface area contributed by atoms with Crippen LogP contribution in [0.3, 0.4) is 0 Å². The van der Waals surface area contributed by atoms with Gasteiger partial charge in [0.2, 0.25) is 5.79 Å². The van der Waals surface area contributed by atoms with Crippen LogP contribution in [-0.4, -0.2) is 36.1 Å². The van der Waals surface area contributed by atoms with Crippen LogP contribution in [0.5, 0.6) is 0 Å². The van der Waals surface area contributed by atoms with E-state index in [2.05, 4.69) is 49.4 Å². The van der Waals surface area contributed by atoms with Crippen molar-refractivity contribution in [2.45, 2.75) is 70.0 Å². The lowest BCUT2D eigenvalue weighted by molar-refractivity contribution is -0.377. The zero-order valence-corrected chi connectivity index (χ0v) is 32.9. The Balaban J connectivity index is 1.20. The zero-order valence-electron chi connectivity index (χ0n) is 32.1. The van der Waals surface area contributed by atoms with Gasteiger partial charge < -0.3 is 28.8 Å². The van der Waals surface area contributed by atoms with Crippen LogP contribution < -0.4 is 0 Å². The number of benzene rings is 6. The van der Waals surface area contributed by atoms with E-state index in [1.807, 2.05) is 127 Å². The van der Waals surface area contributed by atoms with Gasteiger partial charge >= 0.3 is 0 Å². The lowest BCUT2D eigenvalue weighted by Gasteiger charge is -2.50. The Morgan fingerprint density at radius 3 is 1.67 bits per heavy atom. The fraction of sp³-hybridized carbons (Fsp3) is 0.240. The molecule has 7 heteroatoms. The molecule has 1 aromatic heterocycles. The second-order valence-corrected chi connectivity index (χ2v) is 15.8. The molecule has 6 aromatic carbocycles. The van der Waals surface area contributed by atoms with Gasteiger partial charge in [-0.1, -0.05) is 169 Å². The summed E-state index contributed by atoms with van der Waals surface area (Å²) in [5.41, 5.74) is 7.64. The maximum Gasteiger partial charge on any atom is 0.232 e. The first kappa shape index (κ1) is 38.9. The molecule has 7 aromatic rings. The van der Waals surface area contributed by atoms with E-state index in [0.717, 1.165) is 38.8 Å². The van der Waals surface area contributed by atoms with Crippen LogP contribution in [-0.2, 0) is 62.3 Å². The van der Waals surface area contributed by atoms with Gasteiger partial charge in [-0.3, -0.25) is 0 Å². The molecular formula is C50H48O6S. The Morgan fingerprint density at radius 1 is 0.561 bits per heavy atom. The largest absolute Gasteiger partial charge is 0.374 e. The van der Waals surface area contributed by atoms with Crippen molar-refractivity contribution >= 4 is 21.4 Å². The molecule has 0 radical (unpaired) electrons. The predicted octanol–water partition coefficient (Wildman–Crippen LogP) is 10.3. The molecule has 2 heterocycles. The van der Waals surface area contributed by atoms with Gasteiger partial charge in [0.1, 0.15) is 24.4 Å². The third-order valence-corrected chi connectivity index (χ3v) is 11.8. The third kappa shape index (κ3) is 9.61. The predicted molar refractivity (Wildman–Crippen MR) is 226 cm³/mol. The summed E-state index contributed by atoms with van der Waals surface area (Å²) in [4.78, 5) is 0.634. The van der Waals surface area contributed by atoms with Gasteiger partial charge in [-0.25, -0.2) is 0 Å². The summed E-state index contributed by atoms with van der Waals surface area (Å²) < 4.78 is 35.1. The van der Waals surface area contributed by atoms with Gasteiger partial charge in [0.05, 0.1) is 37.9 Å². The van der Waals surface area contributed by atoms with Gasteiger partial charge in [-0.05, 0) is 58.2 Å². The highest BCUT2D eigenvalue weighted by Gasteiger charge is 2.58. The number of thiophene rings is 1. The first-order chi connectivity index (χ1) is 28.0. The molecule has 57 heavy (non-hydrogen) atoms. The first-order valence-corrected chi connectivity index (χ1v) is 20.4. The van der Waals surface area contributed by atoms with Gasteiger partial charge in [0.25, 0.3) is 0 Å². The van der Waals surface area contributed by atoms with E-state index < -0.39 is 30.2 Å². The summed E-state index contributed by atoms with van der Waals surface area (Å²) in [5, 5.41) is 14.3. The second-order valence-electron chi connectivity index (χ2n) is 14.7. The quantitative estimate of drug-likeness (QED) is 0.105. The van der Waals surface area contributed by atoms with Crippen LogP contribution in [0.15, 0.2) is 170 Å². The minimum atomic E-state index is -1.92. The van der Waals surface area contributed by atoms with Gasteiger partial charge in [-0.15, -0.1) is 11.3 Å². The highest BCUT2D eigenvalue weighted by molar-refractivity contribution is 7.19. The maximum absolute atomic E-state index is 13.3. The van der Waals surface area contributed by atoms with E-state index in [1.54, 1.807) is 0 Å². The number of aryl methyl sites for hydroxylation is 1. The topological polar surface area (TPSA) is 66.4 Å². The fourth-order valence-corrected chi connectivity index (χ4v) is 8.65. The Labute approximate surface area is 339 Å². The van der Waals surface area contributed by atoms with Crippen LogP contribution in [0, 0.1) is 6.92 Å². The lowest BCUT2D eigenvalue weighted by Crippen LogP contribution is -2.65. The molecule has 5 atom stereocenters. The Bertz CT molecular complexity index is 2280. The standard InChI is InChI=1S/C50H48O6S/c1-36-25-27-37(28-26-36)29-42-23-14-24-43-30-45(57-48(42)43)50(51)49(55-34-41-21-12-5-13-22-41)47(54-33-40-19-10-4-11-20-40)46(53-32-39-17-8-3-9-18-39)44(56-50)35-52-31-38-15-6-2-7-16-38/h2-28,30,44,46-47,49,51H,29,31-35H2,1H3/t44-,46-,47+,49-,50+/m1/s1. The molecule has 0 spiro atoms. The van der Waals surface area contributed by atoms with Crippen molar-refractivity contribution in [3.05, 3.63) is 214 Å². The van der Waals surface area contributed by atoms with Gasteiger partial charge in [0.15, 0.2) is 0 Å². The third-order valence-electron chi connectivity index (χ3n) is 10.4. The van der Waals surface area contributed by atoms with Crippen molar-refractivity contribution in [1.29, 1.82) is 0 Å². The average Bonchev–Trinajstić information content (AvgIpc) is 3.71. The van der Waals surface area contributed by atoms with E-state index in [4.69, 9.17) is 23.7 Å². The minimum Gasteiger partial charge on any atom is -0.374 e. The van der Waals surface area contributed by atoms with Crippen molar-refractivity contribution in [2.75, 3.05) is 6.61 Å². The maximum atomic E-state index is 13.3. The summed E-state index contributed by atoms with van der Waals surface area (Å²) in [5.74, 6) is -1.92. The van der Waals surface area contributed by atoms with E-state index in [-0.39, 0.29) is 19.8 Å². The van der Waals surface area contributed by atoms with Crippen LogP contribution >= 0.6 is 11.3 Å². The summed E-state index contributed by atoms with van der Waals surface area (Å²) in [7, 11) is 0. The molecule has 1 N–H and O–H groups in total. The lowest BCUT2D eigenvalue weighted by atomic mass is 9.90. The number of hydrogen-bond donors (Lipinski definition) is 1. The molecule has 0 saturated carbocycles. The van der Waals surface area contributed by atoms with Crippen LogP contribution in [0.2, 0.25) is 0 Å². The molecule has 0 bridgehead atoms. The van der Waals surface area contributed by atoms with Crippen molar-refractivity contribution in [1.82, 2.24) is 0 Å². The fourth-order valence-electron chi connectivity index (χ4n) is 7.42. The van der Waals surface area contributed by atoms with Crippen molar-refractivity contribution in [3.63, 3.8) is 0 Å². The van der Waals surface area contributed by atoms with Crippen LogP contribution in [0.4, 0.5) is 0 Å². The van der Waals surface area contributed by atoms with Crippen molar-refractivity contribution < 1.29 is 28.8 Å². The highest BCUT2D eigenvalue weighted by Crippen LogP contribution is 2.46. The number of rotatable bonds is 16. The SMILES string of the molecule is Cc1ccc(Cc2cccc3cc([C@]4(O)O[C@H](COCc5ccccc5)[C@@H](OCc5ccccc5)[C@H](OCc5ccccc5)[C@H]4OCc4ccccc4)sc23)cc1. The average molecular weight is 777 g/mol. The first-order valence-electron chi connectivity index (χ1n) is 19.6. The molecule has 1 fully saturated rings. The van der Waals surface area contributed by atoms with E-state index in [9.17, 15) is 5.11 Å². The Hall–Kier alpha value is -4.96. The normalized spacial score (nSPS) is 20.8. The number of hydrogen-bond acceptors (Lipinski definition) is 7. The molecular weight excluding hydrogens is 729 g/mol. The molecule has 0 unspecified atom stereocenters. The Kier molecular flexibility index (Phi) is 12.6. The van der Waals surface area contributed by atoms with Gasteiger partial charge in [-0.2, -0.15) is 0 Å². The number of ether oxygens (including phenoxy) is 5. The van der Waals surface area contributed by atoms with Gasteiger partial charge in [0, 0.05) is 4.70 Å². The monoisotopic (exact) mass is 776 g/mol. The summed E-state index contributed by atoms with van der Waals surface area (Å²) >= 11 is 1.54. The number of aliphatic hydroxyl groups is 1. The molecule has 0 amide bonds. The smallest absolute Gasteiger partial charge is 0.232 e. The summed E-state index contributed by atoms with van der Waals surface area (Å²) in [6.45, 7) is 3.45. The second kappa shape index (κ2) is 18.5. The van der Waals surface area contributed by atoms with E-state index in [0.29, 0.717) is 18.1 Å². The van der Waals surface area contributed by atoms with Crippen molar-refractivity contribution in [3.8, 4) is 0 Å². The van der Waals surface area contributed by atoms with Crippen molar-refractivity contribution in [2.24, 2.45) is 0 Å². The Morgan fingerprint density at radius 2 is 1.09 bits per heavy atom. The number of fused-ring (bicyclic) bond motifs is 1. The van der Waals surface area contributed by atoms with Crippen LogP contribution in [0.25, 0.3) is 10.1 Å². The molecule has 1 aliphatic heterocycles. The summed E-state index contributed by atoms with van der Waals surface area (Å²) in [6, 6.07) is 57.2.